The van der Waals surface area contributed by atoms with Crippen molar-refractivity contribution in [2.75, 3.05) is 13.1 Å². The third-order valence-corrected chi connectivity index (χ3v) is 3.88. The molecule has 2 fully saturated rings. The minimum Gasteiger partial charge on any atom is -0.352 e. The number of likely N-dealkylation sites (tertiary alicyclic amines) is 1. The summed E-state index contributed by atoms with van der Waals surface area (Å²) in [5, 5.41) is 6.25. The molecule has 0 radical (unpaired) electrons. The number of piperidine rings is 1. The van der Waals surface area contributed by atoms with Crippen LogP contribution in [0.2, 0.25) is 0 Å². The summed E-state index contributed by atoms with van der Waals surface area (Å²) < 4.78 is 0. The van der Waals surface area contributed by atoms with E-state index in [1.54, 1.807) is 4.90 Å². The minimum absolute atomic E-state index is 0.00742. The molecule has 2 aliphatic rings. The van der Waals surface area contributed by atoms with Crippen molar-refractivity contribution in [3.8, 4) is 0 Å². The summed E-state index contributed by atoms with van der Waals surface area (Å²) in [5.74, 6) is 0.0742. The Hall–Kier alpha value is -1.10. The normalized spacial score (nSPS) is 25.3. The van der Waals surface area contributed by atoms with Crippen LogP contribution < -0.4 is 10.6 Å². The van der Waals surface area contributed by atoms with Crippen molar-refractivity contribution in [1.29, 1.82) is 0 Å². The quantitative estimate of drug-likeness (QED) is 0.742. The van der Waals surface area contributed by atoms with Crippen molar-refractivity contribution in [1.82, 2.24) is 15.5 Å². The number of nitrogens with one attached hydrogen (secondary N) is 2. The summed E-state index contributed by atoms with van der Waals surface area (Å²) >= 11 is 0. The van der Waals surface area contributed by atoms with Crippen LogP contribution in [0.15, 0.2) is 0 Å². The van der Waals surface area contributed by atoms with E-state index in [9.17, 15) is 9.59 Å². The Kier molecular flexibility index (Phi) is 4.80. The van der Waals surface area contributed by atoms with Gasteiger partial charge < -0.3 is 15.5 Å². The summed E-state index contributed by atoms with van der Waals surface area (Å²) in [4.78, 5) is 26.1. The van der Waals surface area contributed by atoms with E-state index in [-0.39, 0.29) is 23.9 Å². The van der Waals surface area contributed by atoms with Gasteiger partial charge in [-0.3, -0.25) is 9.59 Å². The molecule has 2 atom stereocenters. The van der Waals surface area contributed by atoms with Gasteiger partial charge in [0, 0.05) is 12.6 Å². The molecule has 1 saturated carbocycles. The van der Waals surface area contributed by atoms with E-state index in [4.69, 9.17) is 0 Å². The van der Waals surface area contributed by atoms with Crippen molar-refractivity contribution in [3.63, 3.8) is 0 Å². The monoisotopic (exact) mass is 267 g/mol. The van der Waals surface area contributed by atoms with Crippen LogP contribution in [0.1, 0.15) is 46.0 Å². The Morgan fingerprint density at radius 1 is 1.42 bits per heavy atom. The molecule has 2 N–H and O–H groups in total. The number of carbonyl (C=O) groups is 2. The van der Waals surface area contributed by atoms with Gasteiger partial charge in [-0.15, -0.1) is 0 Å². The third kappa shape index (κ3) is 3.69. The maximum atomic E-state index is 12.4. The summed E-state index contributed by atoms with van der Waals surface area (Å²) in [6.45, 7) is 5.47. The van der Waals surface area contributed by atoms with Gasteiger partial charge in [-0.05, 0) is 45.6 Å². The molecule has 1 aliphatic carbocycles. The first kappa shape index (κ1) is 14.3. The highest BCUT2D eigenvalue weighted by molar-refractivity contribution is 5.90. The first-order chi connectivity index (χ1) is 9.13. The Morgan fingerprint density at radius 2 is 2.16 bits per heavy atom. The van der Waals surface area contributed by atoms with E-state index < -0.39 is 0 Å². The lowest BCUT2D eigenvalue weighted by atomic mass is 10.0. The van der Waals surface area contributed by atoms with E-state index in [0.717, 1.165) is 38.6 Å². The Morgan fingerprint density at radius 3 is 2.79 bits per heavy atom. The third-order valence-electron chi connectivity index (χ3n) is 3.88. The number of hydrogen-bond acceptors (Lipinski definition) is 3. The summed E-state index contributed by atoms with van der Waals surface area (Å²) in [5.41, 5.74) is 0. The second-order valence-corrected chi connectivity index (χ2v) is 5.64. The standard InChI is InChI=1S/C14H25N3O2/c1-3-8-15-12-5-4-9-17(14(12)19)10(2)13(18)16-11-6-7-11/h10-12,15H,3-9H2,1-2H3,(H,16,18). The molecule has 0 bridgehead atoms. The van der Waals surface area contributed by atoms with Crippen molar-refractivity contribution in [3.05, 3.63) is 0 Å². The number of amides is 2. The second kappa shape index (κ2) is 6.37. The molecule has 2 unspecified atom stereocenters. The molecule has 1 aliphatic heterocycles. The highest BCUT2D eigenvalue weighted by atomic mass is 16.2. The van der Waals surface area contributed by atoms with Crippen LogP contribution in [-0.4, -0.2) is 47.9 Å². The predicted octanol–water partition coefficient (Wildman–Crippen LogP) is 0.644. The second-order valence-electron chi connectivity index (χ2n) is 5.64. The Labute approximate surface area is 115 Å². The SMILES string of the molecule is CCCNC1CCCN(C(C)C(=O)NC2CC2)C1=O. The number of carbonyl (C=O) groups excluding carboxylic acids is 2. The molecule has 0 aromatic rings. The van der Waals surface area contributed by atoms with E-state index in [0.29, 0.717) is 12.6 Å². The zero-order chi connectivity index (χ0) is 13.8. The van der Waals surface area contributed by atoms with Crippen molar-refractivity contribution in [2.24, 2.45) is 0 Å². The average Bonchev–Trinajstić information content (AvgIpc) is 3.20. The summed E-state index contributed by atoms with van der Waals surface area (Å²) in [7, 11) is 0. The van der Waals surface area contributed by atoms with Gasteiger partial charge in [0.1, 0.15) is 6.04 Å². The van der Waals surface area contributed by atoms with Crippen LogP contribution in [0.5, 0.6) is 0 Å². The summed E-state index contributed by atoms with van der Waals surface area (Å²) in [6.07, 6.45) is 5.02. The highest BCUT2D eigenvalue weighted by Crippen LogP contribution is 2.20. The van der Waals surface area contributed by atoms with Gasteiger partial charge in [0.25, 0.3) is 0 Å². The van der Waals surface area contributed by atoms with Crippen LogP contribution in [0.25, 0.3) is 0 Å². The van der Waals surface area contributed by atoms with E-state index in [1.165, 1.54) is 0 Å². The topological polar surface area (TPSA) is 61.4 Å². The van der Waals surface area contributed by atoms with E-state index in [2.05, 4.69) is 17.6 Å². The lowest BCUT2D eigenvalue weighted by Gasteiger charge is -2.36. The Balaban J connectivity index is 1.89. The molecule has 108 valence electrons. The first-order valence-corrected chi connectivity index (χ1v) is 7.47. The van der Waals surface area contributed by atoms with Crippen LogP contribution >= 0.6 is 0 Å². The highest BCUT2D eigenvalue weighted by Gasteiger charge is 2.35. The van der Waals surface area contributed by atoms with E-state index >= 15 is 0 Å². The van der Waals surface area contributed by atoms with Crippen LogP contribution in [-0.2, 0) is 9.59 Å². The molecule has 5 nitrogen and oxygen atoms in total. The predicted molar refractivity (Wildman–Crippen MR) is 73.7 cm³/mol. The molecule has 0 aromatic carbocycles. The fourth-order valence-corrected chi connectivity index (χ4v) is 2.48. The maximum absolute atomic E-state index is 12.4. The van der Waals surface area contributed by atoms with Gasteiger partial charge in [0.2, 0.25) is 11.8 Å². The molecule has 5 heteroatoms. The van der Waals surface area contributed by atoms with Crippen molar-refractivity contribution in [2.45, 2.75) is 64.1 Å². The van der Waals surface area contributed by atoms with Crippen molar-refractivity contribution >= 4 is 11.8 Å². The summed E-state index contributed by atoms with van der Waals surface area (Å²) in [6, 6.07) is -0.104. The zero-order valence-corrected chi connectivity index (χ0v) is 11.9. The molecule has 2 rings (SSSR count). The van der Waals surface area contributed by atoms with Crippen LogP contribution in [0.3, 0.4) is 0 Å². The fourth-order valence-electron chi connectivity index (χ4n) is 2.48. The smallest absolute Gasteiger partial charge is 0.242 e. The zero-order valence-electron chi connectivity index (χ0n) is 11.9. The van der Waals surface area contributed by atoms with Gasteiger partial charge in [-0.1, -0.05) is 6.92 Å². The largest absolute Gasteiger partial charge is 0.352 e. The molecule has 2 amide bonds. The molecule has 1 heterocycles. The van der Waals surface area contributed by atoms with Crippen molar-refractivity contribution < 1.29 is 9.59 Å². The van der Waals surface area contributed by atoms with Gasteiger partial charge in [0.05, 0.1) is 6.04 Å². The number of nitrogens with zero attached hydrogens (tertiary/aromatic N) is 1. The molecular weight excluding hydrogens is 242 g/mol. The molecule has 19 heavy (non-hydrogen) atoms. The lowest BCUT2D eigenvalue weighted by molar-refractivity contribution is -0.143. The van der Waals surface area contributed by atoms with Gasteiger partial charge >= 0.3 is 0 Å². The number of hydrogen-bond donors (Lipinski definition) is 2. The molecule has 1 saturated heterocycles. The van der Waals surface area contributed by atoms with Gasteiger partial charge in [0.15, 0.2) is 0 Å². The van der Waals surface area contributed by atoms with Gasteiger partial charge in [-0.2, -0.15) is 0 Å². The fraction of sp³-hybridized carbons (Fsp3) is 0.857. The van der Waals surface area contributed by atoms with E-state index in [1.807, 2.05) is 6.92 Å². The maximum Gasteiger partial charge on any atom is 0.242 e. The Bertz CT molecular complexity index is 342. The molecule has 0 aromatic heterocycles. The minimum atomic E-state index is -0.348. The van der Waals surface area contributed by atoms with Gasteiger partial charge in [-0.25, -0.2) is 0 Å². The average molecular weight is 267 g/mol. The van der Waals surface area contributed by atoms with Crippen LogP contribution in [0, 0.1) is 0 Å². The number of rotatable bonds is 6. The molecule has 0 spiro atoms. The van der Waals surface area contributed by atoms with Crippen LogP contribution in [0.4, 0.5) is 0 Å². The molecular formula is C14H25N3O2. The first-order valence-electron chi connectivity index (χ1n) is 7.47. The lowest BCUT2D eigenvalue weighted by Crippen LogP contribution is -2.57.